The van der Waals surface area contributed by atoms with Gasteiger partial charge in [-0.15, -0.1) is 0 Å². The highest BCUT2D eigenvalue weighted by Gasteiger charge is 2.55. The van der Waals surface area contributed by atoms with E-state index in [0.29, 0.717) is 24.3 Å². The summed E-state index contributed by atoms with van der Waals surface area (Å²) in [5.41, 5.74) is 1.88. The second kappa shape index (κ2) is 7.41. The third-order valence-corrected chi connectivity index (χ3v) is 6.75. The molecule has 0 radical (unpaired) electrons. The van der Waals surface area contributed by atoms with Crippen LogP contribution in [0.1, 0.15) is 42.0 Å². The Bertz CT molecular complexity index is 1070. The standard InChI is InChI=1S/C24H25N3O4/c1-26(19-11-6-8-16-7-2-3-9-17(16)19)21(28)15-27-22(29)24(25-23(27)30)13-14-31-20-12-5-4-10-18(20)24/h2-5,7,9-10,12,19H,6,8,11,13-15H2,1H3,(H,25,30)/t19-,24+/m1/s1. The Balaban J connectivity index is 1.37. The lowest BCUT2D eigenvalue weighted by Crippen LogP contribution is -2.48. The van der Waals surface area contributed by atoms with E-state index in [1.807, 2.05) is 24.3 Å². The maximum absolute atomic E-state index is 13.4. The third kappa shape index (κ3) is 3.07. The fourth-order valence-corrected chi connectivity index (χ4v) is 5.07. The molecule has 4 amide bonds. The highest BCUT2D eigenvalue weighted by Crippen LogP contribution is 2.41. The molecule has 1 saturated heterocycles. The van der Waals surface area contributed by atoms with Crippen molar-refractivity contribution in [2.45, 2.75) is 37.3 Å². The van der Waals surface area contributed by atoms with Gasteiger partial charge in [-0.1, -0.05) is 42.5 Å². The average Bonchev–Trinajstić information content (AvgIpc) is 3.03. The fourth-order valence-electron chi connectivity index (χ4n) is 5.07. The number of nitrogens with one attached hydrogen (secondary N) is 1. The maximum Gasteiger partial charge on any atom is 0.325 e. The largest absolute Gasteiger partial charge is 0.493 e. The summed E-state index contributed by atoms with van der Waals surface area (Å²) in [7, 11) is 1.76. The van der Waals surface area contributed by atoms with Crippen molar-refractivity contribution in [3.05, 3.63) is 65.2 Å². The number of likely N-dealkylation sites (N-methyl/N-ethyl adjacent to an activating group) is 1. The minimum atomic E-state index is -1.16. The Morgan fingerprint density at radius 2 is 1.97 bits per heavy atom. The second-order valence-corrected chi connectivity index (χ2v) is 8.43. The molecule has 2 aromatic rings. The minimum Gasteiger partial charge on any atom is -0.493 e. The lowest BCUT2D eigenvalue weighted by Gasteiger charge is -2.34. The first-order valence-corrected chi connectivity index (χ1v) is 10.7. The summed E-state index contributed by atoms with van der Waals surface area (Å²) in [6.07, 6.45) is 3.22. The van der Waals surface area contributed by atoms with Crippen molar-refractivity contribution in [2.75, 3.05) is 20.2 Å². The molecule has 0 aromatic heterocycles. The first kappa shape index (κ1) is 19.6. The number of para-hydroxylation sites is 1. The van der Waals surface area contributed by atoms with E-state index < -0.39 is 11.6 Å². The quantitative estimate of drug-likeness (QED) is 0.776. The van der Waals surface area contributed by atoms with Crippen LogP contribution >= 0.6 is 0 Å². The average molecular weight is 419 g/mol. The predicted octanol–water partition coefficient (Wildman–Crippen LogP) is 2.75. The van der Waals surface area contributed by atoms with Crippen LogP contribution < -0.4 is 10.1 Å². The molecule has 1 fully saturated rings. The molecule has 0 saturated carbocycles. The molecule has 2 aromatic carbocycles. The number of fused-ring (bicyclic) bond motifs is 3. The van der Waals surface area contributed by atoms with E-state index in [1.165, 1.54) is 5.56 Å². The van der Waals surface area contributed by atoms with Crippen LogP contribution in [0.15, 0.2) is 48.5 Å². The number of ether oxygens (including phenoxy) is 1. The molecule has 7 heteroatoms. The van der Waals surface area contributed by atoms with Gasteiger partial charge in [0, 0.05) is 19.0 Å². The first-order chi connectivity index (χ1) is 15.0. The molecular weight excluding hydrogens is 394 g/mol. The second-order valence-electron chi connectivity index (χ2n) is 8.43. The number of imide groups is 1. The monoisotopic (exact) mass is 419 g/mol. The van der Waals surface area contributed by atoms with Crippen molar-refractivity contribution in [1.82, 2.24) is 15.1 Å². The number of carbonyl (C=O) groups is 3. The topological polar surface area (TPSA) is 79.0 Å². The normalized spacial score (nSPS) is 24.3. The van der Waals surface area contributed by atoms with Gasteiger partial charge >= 0.3 is 6.03 Å². The number of rotatable bonds is 3. The summed E-state index contributed by atoms with van der Waals surface area (Å²) in [5, 5.41) is 2.85. The number of amides is 4. The van der Waals surface area contributed by atoms with Crippen LogP contribution in [-0.4, -0.2) is 47.8 Å². The molecular formula is C24H25N3O4. The van der Waals surface area contributed by atoms with Crippen LogP contribution in [0.25, 0.3) is 0 Å². The molecule has 0 unspecified atom stereocenters. The van der Waals surface area contributed by atoms with Gasteiger partial charge in [0.25, 0.3) is 5.91 Å². The Morgan fingerprint density at radius 3 is 2.84 bits per heavy atom. The van der Waals surface area contributed by atoms with E-state index in [1.54, 1.807) is 24.1 Å². The maximum atomic E-state index is 13.4. The smallest absolute Gasteiger partial charge is 0.325 e. The highest BCUT2D eigenvalue weighted by atomic mass is 16.5. The molecule has 2 heterocycles. The summed E-state index contributed by atoms with van der Waals surface area (Å²) in [5.74, 6) is -0.0480. The predicted molar refractivity (Wildman–Crippen MR) is 113 cm³/mol. The van der Waals surface area contributed by atoms with Gasteiger partial charge in [-0.25, -0.2) is 4.79 Å². The van der Waals surface area contributed by atoms with E-state index in [9.17, 15) is 14.4 Å². The van der Waals surface area contributed by atoms with Gasteiger partial charge in [-0.3, -0.25) is 14.5 Å². The van der Waals surface area contributed by atoms with Crippen molar-refractivity contribution in [3.63, 3.8) is 0 Å². The van der Waals surface area contributed by atoms with Crippen LogP contribution in [-0.2, 0) is 21.5 Å². The number of hydrogen-bond acceptors (Lipinski definition) is 4. The lowest BCUT2D eigenvalue weighted by molar-refractivity contribution is -0.140. The van der Waals surface area contributed by atoms with Crippen molar-refractivity contribution in [3.8, 4) is 5.75 Å². The molecule has 1 spiro atoms. The molecule has 3 aliphatic rings. The van der Waals surface area contributed by atoms with Gasteiger partial charge in [0.05, 0.1) is 12.6 Å². The van der Waals surface area contributed by atoms with Gasteiger partial charge in [-0.2, -0.15) is 0 Å². The molecule has 31 heavy (non-hydrogen) atoms. The Hall–Kier alpha value is -3.35. The minimum absolute atomic E-state index is 0.0454. The Morgan fingerprint density at radius 1 is 1.19 bits per heavy atom. The Kier molecular flexibility index (Phi) is 4.68. The van der Waals surface area contributed by atoms with Gasteiger partial charge in [0.2, 0.25) is 5.91 Å². The van der Waals surface area contributed by atoms with Crippen LogP contribution in [0.5, 0.6) is 5.75 Å². The van der Waals surface area contributed by atoms with Gasteiger partial charge in [0.15, 0.2) is 5.54 Å². The van der Waals surface area contributed by atoms with E-state index in [0.717, 1.165) is 29.7 Å². The number of urea groups is 1. The van der Waals surface area contributed by atoms with E-state index in [4.69, 9.17) is 4.74 Å². The summed E-state index contributed by atoms with van der Waals surface area (Å²) in [4.78, 5) is 42.1. The zero-order valence-corrected chi connectivity index (χ0v) is 17.5. The van der Waals surface area contributed by atoms with E-state index >= 15 is 0 Å². The van der Waals surface area contributed by atoms with Crippen molar-refractivity contribution < 1.29 is 19.1 Å². The molecule has 1 N–H and O–H groups in total. The molecule has 2 atom stereocenters. The van der Waals surface area contributed by atoms with Crippen LogP contribution in [0.2, 0.25) is 0 Å². The molecule has 5 rings (SSSR count). The third-order valence-electron chi connectivity index (χ3n) is 6.75. The van der Waals surface area contributed by atoms with Crippen molar-refractivity contribution >= 4 is 17.8 Å². The Labute approximate surface area is 181 Å². The summed E-state index contributed by atoms with van der Waals surface area (Å²) in [6.45, 7) is 0.0498. The number of benzene rings is 2. The van der Waals surface area contributed by atoms with Gasteiger partial charge in [-0.05, 0) is 36.5 Å². The SMILES string of the molecule is CN(C(=O)CN1C(=O)N[C@]2(CCOc3ccccc32)C1=O)[C@@H]1CCCc2ccccc21. The summed E-state index contributed by atoms with van der Waals surface area (Å²) in [6, 6.07) is 14.8. The van der Waals surface area contributed by atoms with Gasteiger partial charge in [0.1, 0.15) is 12.3 Å². The molecule has 7 nitrogen and oxygen atoms in total. The zero-order chi connectivity index (χ0) is 21.6. The van der Waals surface area contributed by atoms with Crippen molar-refractivity contribution in [1.29, 1.82) is 0 Å². The fraction of sp³-hybridized carbons (Fsp3) is 0.375. The first-order valence-electron chi connectivity index (χ1n) is 10.7. The van der Waals surface area contributed by atoms with E-state index in [2.05, 4.69) is 17.4 Å². The van der Waals surface area contributed by atoms with Crippen LogP contribution in [0, 0.1) is 0 Å². The van der Waals surface area contributed by atoms with Crippen LogP contribution in [0.3, 0.4) is 0 Å². The highest BCUT2D eigenvalue weighted by molar-refractivity contribution is 6.09. The zero-order valence-electron chi connectivity index (χ0n) is 17.5. The molecule has 1 aliphatic carbocycles. The molecule has 160 valence electrons. The van der Waals surface area contributed by atoms with Gasteiger partial charge < -0.3 is 15.0 Å². The number of carbonyl (C=O) groups excluding carboxylic acids is 3. The summed E-state index contributed by atoms with van der Waals surface area (Å²) >= 11 is 0. The molecule has 2 aliphatic heterocycles. The number of nitrogens with zero attached hydrogens (tertiary/aromatic N) is 2. The summed E-state index contributed by atoms with van der Waals surface area (Å²) < 4.78 is 5.66. The lowest BCUT2D eigenvalue weighted by atomic mass is 9.84. The number of hydrogen-bond donors (Lipinski definition) is 1. The van der Waals surface area contributed by atoms with Crippen molar-refractivity contribution in [2.24, 2.45) is 0 Å². The number of aryl methyl sites for hydroxylation is 1. The molecule has 0 bridgehead atoms. The van der Waals surface area contributed by atoms with Crippen LogP contribution in [0.4, 0.5) is 4.79 Å². The van der Waals surface area contributed by atoms with E-state index in [-0.39, 0.29) is 24.4 Å².